The zero-order chi connectivity index (χ0) is 20.5. The lowest BCUT2D eigenvalue weighted by atomic mass is 9.85. The van der Waals surface area contributed by atoms with Crippen LogP contribution in [0.1, 0.15) is 54.0 Å². The summed E-state index contributed by atoms with van der Waals surface area (Å²) < 4.78 is 12.7. The predicted molar refractivity (Wildman–Crippen MR) is 121 cm³/mol. The largest absolute Gasteiger partial charge is 0.492 e. The number of ether oxygens (including phenoxy) is 2. The molecule has 0 aliphatic heterocycles. The van der Waals surface area contributed by atoms with Crippen LogP contribution in [0.3, 0.4) is 0 Å². The molecule has 0 N–H and O–H groups in total. The molecule has 0 spiro atoms. The Kier molecular flexibility index (Phi) is 5.88. The van der Waals surface area contributed by atoms with Crippen LogP contribution < -0.4 is 9.47 Å². The molecule has 3 aromatic carbocycles. The van der Waals surface area contributed by atoms with Crippen LogP contribution in [0.4, 0.5) is 0 Å². The number of hydrogen-bond acceptors (Lipinski definition) is 2. The van der Waals surface area contributed by atoms with Gasteiger partial charge in [0, 0.05) is 21.5 Å². The molecule has 150 valence electrons. The molecule has 28 heavy (non-hydrogen) atoms. The second-order valence-corrected chi connectivity index (χ2v) is 9.62. The van der Waals surface area contributed by atoms with Gasteiger partial charge in [0.05, 0.1) is 13.2 Å². The Balaban J connectivity index is 2.33. The fourth-order valence-corrected chi connectivity index (χ4v) is 3.38. The summed E-state index contributed by atoms with van der Waals surface area (Å²) in [4.78, 5) is 0. The number of hydrogen-bond donors (Lipinski definition) is 0. The Bertz CT molecular complexity index is 961. The third-order valence-electron chi connectivity index (χ3n) is 4.91. The van der Waals surface area contributed by atoms with Crippen LogP contribution in [0.5, 0.6) is 11.5 Å². The zero-order valence-corrected chi connectivity index (χ0v) is 18.4. The molecule has 0 heterocycles. The number of benzene rings is 3. The molecule has 0 aliphatic rings. The van der Waals surface area contributed by atoms with E-state index in [1.807, 2.05) is 0 Å². The average Bonchev–Trinajstić information content (AvgIpc) is 2.62. The van der Waals surface area contributed by atoms with Gasteiger partial charge in [-0.15, -0.1) is 0 Å². The summed E-state index contributed by atoms with van der Waals surface area (Å²) in [5.74, 6) is 2.88. The smallest absolute Gasteiger partial charge is 0.135 e. The highest BCUT2D eigenvalue weighted by Gasteiger charge is 2.20. The molecule has 2 nitrogen and oxygen atoms in total. The molecule has 0 fully saturated rings. The van der Waals surface area contributed by atoms with E-state index in [0.717, 1.165) is 33.0 Å². The highest BCUT2D eigenvalue weighted by atomic mass is 16.5. The Labute approximate surface area is 169 Å². The van der Waals surface area contributed by atoms with E-state index >= 15 is 0 Å². The molecule has 3 rings (SSSR count). The molecule has 0 atom stereocenters. The lowest BCUT2D eigenvalue weighted by Crippen LogP contribution is -2.11. The predicted octanol–water partition coefficient (Wildman–Crippen LogP) is 7.36. The first kappa shape index (κ1) is 20.5. The van der Waals surface area contributed by atoms with Crippen molar-refractivity contribution < 1.29 is 9.47 Å². The molecule has 0 amide bonds. The molecule has 3 aromatic rings. The minimum absolute atomic E-state index is 0.0775. The lowest BCUT2D eigenvalue weighted by Gasteiger charge is -2.23. The Morgan fingerprint density at radius 2 is 1.14 bits per heavy atom. The van der Waals surface area contributed by atoms with E-state index in [0.29, 0.717) is 25.0 Å². The minimum atomic E-state index is 0.0775. The third kappa shape index (κ3) is 4.27. The lowest BCUT2D eigenvalue weighted by molar-refractivity contribution is 0.272. The average molecular weight is 379 g/mol. The molecule has 0 radical (unpaired) electrons. The van der Waals surface area contributed by atoms with Crippen LogP contribution in [0.2, 0.25) is 0 Å². The van der Waals surface area contributed by atoms with Gasteiger partial charge in [-0.05, 0) is 28.9 Å². The van der Waals surface area contributed by atoms with Crippen molar-refractivity contribution in [2.24, 2.45) is 11.8 Å². The van der Waals surface area contributed by atoms with Gasteiger partial charge in [0.15, 0.2) is 0 Å². The monoisotopic (exact) mass is 378 g/mol. The molecule has 0 unspecified atom stereocenters. The summed E-state index contributed by atoms with van der Waals surface area (Å²) in [5.41, 5.74) is 1.38. The van der Waals surface area contributed by atoms with Gasteiger partial charge in [0.2, 0.25) is 0 Å². The van der Waals surface area contributed by atoms with Crippen molar-refractivity contribution in [1.29, 1.82) is 0 Å². The van der Waals surface area contributed by atoms with E-state index in [1.54, 1.807) is 0 Å². The van der Waals surface area contributed by atoms with Gasteiger partial charge in [-0.2, -0.15) is 0 Å². The fraction of sp³-hybridized carbons (Fsp3) is 0.462. The maximum absolute atomic E-state index is 6.39. The molecular formula is C26H34O2. The normalized spacial score (nSPS) is 12.3. The van der Waals surface area contributed by atoms with E-state index in [2.05, 4.69) is 90.9 Å². The molecule has 0 aliphatic carbocycles. The van der Waals surface area contributed by atoms with E-state index < -0.39 is 0 Å². The maximum atomic E-state index is 6.39. The first-order chi connectivity index (χ1) is 13.2. The molecule has 0 aromatic heterocycles. The van der Waals surface area contributed by atoms with Crippen molar-refractivity contribution in [2.75, 3.05) is 13.2 Å². The second-order valence-electron chi connectivity index (χ2n) is 9.62. The van der Waals surface area contributed by atoms with Crippen LogP contribution in [-0.4, -0.2) is 13.2 Å². The van der Waals surface area contributed by atoms with Gasteiger partial charge >= 0.3 is 0 Å². The van der Waals surface area contributed by atoms with Gasteiger partial charge in [-0.3, -0.25) is 0 Å². The van der Waals surface area contributed by atoms with Gasteiger partial charge in [-0.1, -0.05) is 84.9 Å². The minimum Gasteiger partial charge on any atom is -0.492 e. The molecule has 0 saturated carbocycles. The first-order valence-electron chi connectivity index (χ1n) is 10.4. The Morgan fingerprint density at radius 1 is 0.679 bits per heavy atom. The third-order valence-corrected chi connectivity index (χ3v) is 4.91. The number of rotatable bonds is 6. The summed E-state index contributed by atoms with van der Waals surface area (Å²) in [5, 5.41) is 4.52. The standard InChI is InChI=1S/C26H34O2/c1-17(2)15-27-24-20-10-8-9-11-21(20)25(28-16-18(3)4)23-14-19(26(5,6)7)12-13-22(23)24/h8-14,17-18H,15-16H2,1-7H3. The first-order valence-corrected chi connectivity index (χ1v) is 10.4. The van der Waals surface area contributed by atoms with Crippen LogP contribution in [-0.2, 0) is 5.41 Å². The zero-order valence-electron chi connectivity index (χ0n) is 18.4. The SMILES string of the molecule is CC(C)COc1c2ccccc2c(OCC(C)C)c2cc(C(C)(C)C)ccc12. The summed E-state index contributed by atoms with van der Waals surface area (Å²) in [6.07, 6.45) is 0. The van der Waals surface area contributed by atoms with Crippen molar-refractivity contribution >= 4 is 21.5 Å². The van der Waals surface area contributed by atoms with Gasteiger partial charge in [0.1, 0.15) is 11.5 Å². The van der Waals surface area contributed by atoms with Crippen molar-refractivity contribution in [2.45, 2.75) is 53.9 Å². The Morgan fingerprint density at radius 3 is 1.61 bits per heavy atom. The molecule has 0 saturated heterocycles. The van der Waals surface area contributed by atoms with E-state index in [-0.39, 0.29) is 5.41 Å². The summed E-state index contributed by atoms with van der Waals surface area (Å²) in [7, 11) is 0. The highest BCUT2D eigenvalue weighted by molar-refractivity contribution is 6.11. The Hall–Kier alpha value is -2.22. The fourth-order valence-electron chi connectivity index (χ4n) is 3.38. The van der Waals surface area contributed by atoms with Crippen LogP contribution in [0.15, 0.2) is 42.5 Å². The van der Waals surface area contributed by atoms with Crippen molar-refractivity contribution in [3.05, 3.63) is 48.0 Å². The molecule has 2 heteroatoms. The van der Waals surface area contributed by atoms with E-state index in [1.165, 1.54) is 5.56 Å². The van der Waals surface area contributed by atoms with Crippen molar-refractivity contribution in [1.82, 2.24) is 0 Å². The highest BCUT2D eigenvalue weighted by Crippen LogP contribution is 2.44. The second kappa shape index (κ2) is 8.03. The van der Waals surface area contributed by atoms with Gasteiger partial charge in [0.25, 0.3) is 0 Å². The quantitative estimate of drug-likeness (QED) is 0.417. The maximum Gasteiger partial charge on any atom is 0.135 e. The van der Waals surface area contributed by atoms with E-state index in [9.17, 15) is 0 Å². The van der Waals surface area contributed by atoms with Crippen LogP contribution in [0.25, 0.3) is 21.5 Å². The summed E-state index contributed by atoms with van der Waals surface area (Å²) in [6.45, 7) is 16.9. The molecular weight excluding hydrogens is 344 g/mol. The van der Waals surface area contributed by atoms with Crippen LogP contribution in [0, 0.1) is 11.8 Å². The van der Waals surface area contributed by atoms with E-state index in [4.69, 9.17) is 9.47 Å². The van der Waals surface area contributed by atoms with Gasteiger partial charge < -0.3 is 9.47 Å². The topological polar surface area (TPSA) is 18.5 Å². The molecule has 0 bridgehead atoms. The van der Waals surface area contributed by atoms with Crippen LogP contribution >= 0.6 is 0 Å². The number of fused-ring (bicyclic) bond motifs is 2. The summed E-state index contributed by atoms with van der Waals surface area (Å²) in [6, 6.07) is 15.2. The van der Waals surface area contributed by atoms with Crippen molar-refractivity contribution in [3.63, 3.8) is 0 Å². The van der Waals surface area contributed by atoms with Crippen molar-refractivity contribution in [3.8, 4) is 11.5 Å². The summed E-state index contributed by atoms with van der Waals surface area (Å²) >= 11 is 0. The van der Waals surface area contributed by atoms with Gasteiger partial charge in [-0.25, -0.2) is 0 Å².